The number of carbonyl (C=O) groups is 2. The van der Waals surface area contributed by atoms with Crippen molar-refractivity contribution in [2.24, 2.45) is 0 Å². The van der Waals surface area contributed by atoms with E-state index in [1.54, 1.807) is 24.5 Å². The Kier molecular flexibility index (Phi) is 4.94. The van der Waals surface area contributed by atoms with Gasteiger partial charge in [0.25, 0.3) is 5.91 Å². The zero-order valence-corrected chi connectivity index (χ0v) is 15.3. The van der Waals surface area contributed by atoms with Crippen molar-refractivity contribution in [1.29, 1.82) is 0 Å². The highest BCUT2D eigenvalue weighted by Gasteiger charge is 2.09. The number of carboxylic acid groups (broad SMARTS) is 1. The van der Waals surface area contributed by atoms with Crippen LogP contribution in [0.2, 0.25) is 0 Å². The number of hydrogen-bond donors (Lipinski definition) is 2. The number of carbonyl (C=O) groups excluding carboxylic acids is 1. The molecule has 1 aromatic heterocycles. The van der Waals surface area contributed by atoms with E-state index in [0.717, 1.165) is 16.7 Å². The van der Waals surface area contributed by atoms with E-state index in [1.165, 1.54) is 6.07 Å². The van der Waals surface area contributed by atoms with Gasteiger partial charge in [-0.15, -0.1) is 0 Å². The maximum Gasteiger partial charge on any atom is 0.341 e. The van der Waals surface area contributed by atoms with E-state index in [9.17, 15) is 9.59 Å². The third-order valence-electron chi connectivity index (χ3n) is 4.32. The van der Waals surface area contributed by atoms with Crippen LogP contribution in [-0.4, -0.2) is 33.1 Å². The zero-order valence-electron chi connectivity index (χ0n) is 15.3. The van der Waals surface area contributed by atoms with E-state index in [0.29, 0.717) is 17.0 Å². The van der Waals surface area contributed by atoms with Gasteiger partial charge in [0.05, 0.1) is 11.0 Å². The number of aromatic nitrogens is 2. The lowest BCUT2D eigenvalue weighted by Gasteiger charge is -2.09. The summed E-state index contributed by atoms with van der Waals surface area (Å²) in [6.07, 6.45) is 1.76. The van der Waals surface area contributed by atoms with Crippen LogP contribution in [0, 0.1) is 0 Å². The van der Waals surface area contributed by atoms with Crippen molar-refractivity contribution in [2.75, 3.05) is 11.9 Å². The van der Waals surface area contributed by atoms with E-state index in [2.05, 4.69) is 10.3 Å². The van der Waals surface area contributed by atoms with Gasteiger partial charge in [0.1, 0.15) is 12.1 Å². The summed E-state index contributed by atoms with van der Waals surface area (Å²) in [6.45, 7) is -0.463. The van der Waals surface area contributed by atoms with E-state index >= 15 is 0 Å². The van der Waals surface area contributed by atoms with Crippen molar-refractivity contribution in [3.63, 3.8) is 0 Å². The molecule has 1 amide bonds. The monoisotopic (exact) mass is 387 g/mol. The highest BCUT2D eigenvalue weighted by Crippen LogP contribution is 2.20. The number of benzene rings is 3. The summed E-state index contributed by atoms with van der Waals surface area (Å²) in [7, 11) is 0. The number of hydrogen-bond acceptors (Lipinski definition) is 4. The van der Waals surface area contributed by atoms with Gasteiger partial charge in [0.2, 0.25) is 0 Å². The molecule has 0 saturated heterocycles. The molecule has 0 fully saturated rings. The van der Waals surface area contributed by atoms with E-state index in [4.69, 9.17) is 9.84 Å². The van der Waals surface area contributed by atoms with Gasteiger partial charge in [-0.2, -0.15) is 0 Å². The second-order valence-electron chi connectivity index (χ2n) is 6.31. The van der Waals surface area contributed by atoms with Crippen LogP contribution in [0.1, 0.15) is 10.4 Å². The number of imidazole rings is 1. The van der Waals surface area contributed by atoms with Gasteiger partial charge in [-0.1, -0.05) is 18.2 Å². The molecule has 0 spiro atoms. The molecule has 3 aromatic carbocycles. The largest absolute Gasteiger partial charge is 0.482 e. The Bertz CT molecular complexity index is 1180. The molecular weight excluding hydrogens is 370 g/mol. The number of para-hydroxylation sites is 2. The maximum atomic E-state index is 12.5. The fourth-order valence-electron chi connectivity index (χ4n) is 2.95. The van der Waals surface area contributed by atoms with Gasteiger partial charge in [-0.05, 0) is 54.6 Å². The molecule has 4 rings (SSSR count). The quantitative estimate of drug-likeness (QED) is 0.526. The molecule has 7 heteroatoms. The minimum absolute atomic E-state index is 0.313. The second-order valence-corrected chi connectivity index (χ2v) is 6.31. The molecule has 0 aliphatic heterocycles. The van der Waals surface area contributed by atoms with Crippen LogP contribution in [-0.2, 0) is 4.79 Å². The van der Waals surface area contributed by atoms with E-state index < -0.39 is 12.6 Å². The fraction of sp³-hybridized carbons (Fsp3) is 0.0455. The van der Waals surface area contributed by atoms with Crippen LogP contribution < -0.4 is 10.1 Å². The molecule has 144 valence electrons. The predicted octanol–water partition coefficient (Wildman–Crippen LogP) is 3.74. The molecule has 2 N–H and O–H groups in total. The summed E-state index contributed by atoms with van der Waals surface area (Å²) in [6, 6.07) is 21.7. The molecule has 0 bridgehead atoms. The molecular formula is C22H17N3O4. The number of ether oxygens (including phenoxy) is 1. The number of amides is 1. The molecule has 7 nitrogen and oxygen atoms in total. The Morgan fingerprint density at radius 1 is 1.00 bits per heavy atom. The first-order valence-corrected chi connectivity index (χ1v) is 8.89. The molecule has 29 heavy (non-hydrogen) atoms. The zero-order chi connectivity index (χ0) is 20.2. The van der Waals surface area contributed by atoms with Crippen LogP contribution in [0.3, 0.4) is 0 Å². The van der Waals surface area contributed by atoms with Crippen LogP contribution in [0.15, 0.2) is 79.1 Å². The van der Waals surface area contributed by atoms with Gasteiger partial charge in [-0.3, -0.25) is 9.36 Å². The molecule has 0 aliphatic rings. The number of fused-ring (bicyclic) bond motifs is 1. The first-order valence-electron chi connectivity index (χ1n) is 8.89. The summed E-state index contributed by atoms with van der Waals surface area (Å²) in [5.74, 6) is -1.07. The first-order chi connectivity index (χ1) is 14.1. The Hall–Kier alpha value is -4.13. The Balaban J connectivity index is 1.48. The highest BCUT2D eigenvalue weighted by molar-refractivity contribution is 6.04. The third kappa shape index (κ3) is 4.08. The topological polar surface area (TPSA) is 93.5 Å². The average molecular weight is 387 g/mol. The third-order valence-corrected chi connectivity index (χ3v) is 4.32. The van der Waals surface area contributed by atoms with Crippen molar-refractivity contribution in [1.82, 2.24) is 9.55 Å². The maximum absolute atomic E-state index is 12.5. The lowest BCUT2D eigenvalue weighted by molar-refractivity contribution is -0.139. The number of rotatable bonds is 6. The summed E-state index contributed by atoms with van der Waals surface area (Å²) < 4.78 is 7.09. The molecule has 0 aliphatic carbocycles. The summed E-state index contributed by atoms with van der Waals surface area (Å²) in [5, 5.41) is 11.5. The van der Waals surface area contributed by atoms with Gasteiger partial charge >= 0.3 is 5.97 Å². The fourth-order valence-corrected chi connectivity index (χ4v) is 2.95. The minimum atomic E-state index is -1.08. The van der Waals surface area contributed by atoms with E-state index in [1.807, 2.05) is 53.1 Å². The number of aliphatic carboxylic acids is 1. The van der Waals surface area contributed by atoms with Gasteiger partial charge < -0.3 is 15.2 Å². The summed E-state index contributed by atoms with van der Waals surface area (Å²) >= 11 is 0. The van der Waals surface area contributed by atoms with Crippen LogP contribution in [0.5, 0.6) is 5.75 Å². The molecule has 0 atom stereocenters. The number of anilines is 1. The van der Waals surface area contributed by atoms with Crippen LogP contribution >= 0.6 is 0 Å². The highest BCUT2D eigenvalue weighted by atomic mass is 16.5. The van der Waals surface area contributed by atoms with Crippen molar-refractivity contribution >= 4 is 28.6 Å². The first kappa shape index (κ1) is 18.2. The molecule has 1 heterocycles. The average Bonchev–Trinajstić information content (AvgIpc) is 3.17. The molecule has 4 aromatic rings. The van der Waals surface area contributed by atoms with Crippen molar-refractivity contribution in [3.8, 4) is 11.4 Å². The SMILES string of the molecule is O=C(O)COc1cccc(C(=O)Nc2ccc(-n3cnc4ccccc43)cc2)c1. The molecule has 0 saturated carbocycles. The summed E-state index contributed by atoms with van der Waals surface area (Å²) in [4.78, 5) is 27.5. The second kappa shape index (κ2) is 7.85. The van der Waals surface area contributed by atoms with E-state index in [-0.39, 0.29) is 5.91 Å². The number of nitrogens with one attached hydrogen (secondary N) is 1. The molecule has 0 unspecified atom stereocenters. The smallest absolute Gasteiger partial charge is 0.341 e. The van der Waals surface area contributed by atoms with Crippen LogP contribution in [0.4, 0.5) is 5.69 Å². The normalized spacial score (nSPS) is 10.6. The lowest BCUT2D eigenvalue weighted by atomic mass is 10.2. The Labute approximate surface area is 166 Å². The number of carboxylic acids is 1. The van der Waals surface area contributed by atoms with Gasteiger partial charge in [-0.25, -0.2) is 9.78 Å². The Morgan fingerprint density at radius 3 is 2.59 bits per heavy atom. The van der Waals surface area contributed by atoms with Crippen molar-refractivity contribution in [2.45, 2.75) is 0 Å². The lowest BCUT2D eigenvalue weighted by Crippen LogP contribution is -2.13. The standard InChI is InChI=1S/C22H17N3O4/c26-21(27)13-29-18-5-3-4-15(12-18)22(28)24-16-8-10-17(11-9-16)25-14-23-19-6-1-2-7-20(19)25/h1-12,14H,13H2,(H,24,28)(H,26,27). The predicted molar refractivity (Wildman–Crippen MR) is 109 cm³/mol. The van der Waals surface area contributed by atoms with Crippen LogP contribution in [0.25, 0.3) is 16.7 Å². The van der Waals surface area contributed by atoms with Crippen molar-refractivity contribution in [3.05, 3.63) is 84.7 Å². The number of nitrogens with zero attached hydrogens (tertiary/aromatic N) is 2. The Morgan fingerprint density at radius 2 is 1.79 bits per heavy atom. The van der Waals surface area contributed by atoms with Crippen molar-refractivity contribution < 1.29 is 19.4 Å². The van der Waals surface area contributed by atoms with Gasteiger partial charge in [0.15, 0.2) is 6.61 Å². The minimum Gasteiger partial charge on any atom is -0.482 e. The molecule has 0 radical (unpaired) electrons. The summed E-state index contributed by atoms with van der Waals surface area (Å²) in [5.41, 5.74) is 3.86. The van der Waals surface area contributed by atoms with Gasteiger partial charge in [0, 0.05) is 16.9 Å².